The molecule has 4 heteroatoms. The van der Waals surface area contributed by atoms with Crippen LogP contribution in [0.5, 0.6) is 0 Å². The van der Waals surface area contributed by atoms with Crippen LogP contribution in [-0.4, -0.2) is 11.5 Å². The third-order valence-electron chi connectivity index (χ3n) is 4.10. The molecule has 1 aromatic heterocycles. The van der Waals surface area contributed by atoms with Gasteiger partial charge in [-0.1, -0.05) is 47.3 Å². The maximum absolute atomic E-state index is 4.55. The zero-order valence-corrected chi connectivity index (χ0v) is 14.5. The Bertz CT molecular complexity index is 576. The molecule has 1 saturated carbocycles. The molecule has 0 spiro atoms. The molecule has 0 unspecified atom stereocenters. The molecular formula is C17H21BrN2S. The van der Waals surface area contributed by atoms with E-state index in [4.69, 9.17) is 0 Å². The predicted octanol–water partition coefficient (Wildman–Crippen LogP) is 5.24. The van der Waals surface area contributed by atoms with E-state index in [0.717, 1.165) is 23.5 Å². The summed E-state index contributed by atoms with van der Waals surface area (Å²) in [6.45, 7) is 2.04. The number of aromatic nitrogens is 1. The summed E-state index contributed by atoms with van der Waals surface area (Å²) in [5.74, 6) is 0.878. The van der Waals surface area contributed by atoms with E-state index in [9.17, 15) is 0 Å². The van der Waals surface area contributed by atoms with Crippen molar-refractivity contribution < 1.29 is 0 Å². The lowest BCUT2D eigenvalue weighted by Gasteiger charge is -2.21. The number of rotatable bonds is 5. The second-order valence-electron chi connectivity index (χ2n) is 5.76. The van der Waals surface area contributed by atoms with E-state index < -0.39 is 0 Å². The topological polar surface area (TPSA) is 24.9 Å². The Kier molecular flexibility index (Phi) is 5.44. The lowest BCUT2D eigenvalue weighted by atomic mass is 9.89. The SMILES string of the molecule is Brc1cccc(-c2cnc(CNCC3CCCCC3)s2)c1. The average Bonchev–Trinajstić information content (AvgIpc) is 2.97. The Balaban J connectivity index is 1.53. The molecule has 2 nitrogen and oxygen atoms in total. The Hall–Kier alpha value is -0.710. The van der Waals surface area contributed by atoms with E-state index in [1.807, 2.05) is 6.20 Å². The van der Waals surface area contributed by atoms with Gasteiger partial charge in [-0.2, -0.15) is 0 Å². The van der Waals surface area contributed by atoms with Gasteiger partial charge < -0.3 is 5.32 Å². The Labute approximate surface area is 139 Å². The standard InChI is InChI=1S/C17H21BrN2S/c18-15-8-4-7-14(9-15)16-11-20-17(21-16)12-19-10-13-5-2-1-3-6-13/h4,7-9,11,13,19H,1-3,5-6,10,12H2. The fourth-order valence-corrected chi connectivity index (χ4v) is 4.22. The van der Waals surface area contributed by atoms with Gasteiger partial charge in [-0.3, -0.25) is 0 Å². The van der Waals surface area contributed by atoms with E-state index in [1.54, 1.807) is 11.3 Å². The molecule has 0 saturated heterocycles. The van der Waals surface area contributed by atoms with Crippen molar-refractivity contribution >= 4 is 27.3 Å². The van der Waals surface area contributed by atoms with Crippen LogP contribution in [0.15, 0.2) is 34.9 Å². The highest BCUT2D eigenvalue weighted by molar-refractivity contribution is 9.10. The Morgan fingerprint density at radius 1 is 1.24 bits per heavy atom. The minimum atomic E-state index is 0.878. The van der Waals surface area contributed by atoms with Crippen molar-refractivity contribution in [1.82, 2.24) is 10.3 Å². The van der Waals surface area contributed by atoms with Gasteiger partial charge in [-0.15, -0.1) is 11.3 Å². The minimum Gasteiger partial charge on any atom is -0.310 e. The molecule has 0 aliphatic heterocycles. The van der Waals surface area contributed by atoms with Gasteiger partial charge in [0.2, 0.25) is 0 Å². The summed E-state index contributed by atoms with van der Waals surface area (Å²) in [4.78, 5) is 5.79. The minimum absolute atomic E-state index is 0.878. The van der Waals surface area contributed by atoms with Gasteiger partial charge in [-0.05, 0) is 43.0 Å². The van der Waals surface area contributed by atoms with Crippen molar-refractivity contribution in [3.05, 3.63) is 39.9 Å². The van der Waals surface area contributed by atoms with Gasteiger partial charge >= 0.3 is 0 Å². The van der Waals surface area contributed by atoms with Gasteiger partial charge in [0, 0.05) is 17.2 Å². The van der Waals surface area contributed by atoms with Gasteiger partial charge in [0.1, 0.15) is 5.01 Å². The average molecular weight is 365 g/mol. The Morgan fingerprint density at radius 2 is 2.10 bits per heavy atom. The molecule has 0 radical (unpaired) electrons. The molecule has 0 amide bonds. The maximum atomic E-state index is 4.55. The normalized spacial score (nSPS) is 16.2. The van der Waals surface area contributed by atoms with Crippen LogP contribution < -0.4 is 5.32 Å². The number of hydrogen-bond donors (Lipinski definition) is 1. The van der Waals surface area contributed by atoms with Gasteiger partial charge in [0.15, 0.2) is 0 Å². The lowest BCUT2D eigenvalue weighted by molar-refractivity contribution is 0.342. The molecule has 21 heavy (non-hydrogen) atoms. The zero-order valence-electron chi connectivity index (χ0n) is 12.1. The molecule has 112 valence electrons. The lowest BCUT2D eigenvalue weighted by Crippen LogP contribution is -2.24. The summed E-state index contributed by atoms with van der Waals surface area (Å²) in [7, 11) is 0. The third kappa shape index (κ3) is 4.38. The molecule has 0 bridgehead atoms. The number of halogens is 1. The van der Waals surface area contributed by atoms with Crippen LogP contribution >= 0.6 is 27.3 Å². The van der Waals surface area contributed by atoms with Crippen LogP contribution in [0.25, 0.3) is 10.4 Å². The van der Waals surface area contributed by atoms with E-state index in [-0.39, 0.29) is 0 Å². The second kappa shape index (κ2) is 7.52. The zero-order chi connectivity index (χ0) is 14.5. The van der Waals surface area contributed by atoms with Crippen molar-refractivity contribution in [2.24, 2.45) is 5.92 Å². The number of nitrogens with zero attached hydrogens (tertiary/aromatic N) is 1. The summed E-state index contributed by atoms with van der Waals surface area (Å²) < 4.78 is 1.12. The molecule has 3 rings (SSSR count). The first kappa shape index (κ1) is 15.2. The van der Waals surface area contributed by atoms with E-state index in [0.29, 0.717) is 0 Å². The molecule has 1 fully saturated rings. The quantitative estimate of drug-likeness (QED) is 0.784. The summed E-state index contributed by atoms with van der Waals surface area (Å²) in [5.41, 5.74) is 1.24. The first-order valence-electron chi connectivity index (χ1n) is 7.72. The molecule has 1 aromatic carbocycles. The fourth-order valence-electron chi connectivity index (χ4n) is 2.94. The summed E-state index contributed by atoms with van der Waals surface area (Å²) in [6.07, 6.45) is 9.04. The summed E-state index contributed by atoms with van der Waals surface area (Å²) >= 11 is 5.31. The fraction of sp³-hybridized carbons (Fsp3) is 0.471. The molecule has 1 N–H and O–H groups in total. The van der Waals surface area contributed by atoms with E-state index >= 15 is 0 Å². The first-order valence-corrected chi connectivity index (χ1v) is 9.33. The highest BCUT2D eigenvalue weighted by Gasteiger charge is 2.13. The highest BCUT2D eigenvalue weighted by atomic mass is 79.9. The first-order chi connectivity index (χ1) is 10.3. The van der Waals surface area contributed by atoms with Crippen LogP contribution in [0, 0.1) is 5.92 Å². The molecule has 1 heterocycles. The summed E-state index contributed by atoms with van der Waals surface area (Å²) in [5, 5.41) is 4.77. The van der Waals surface area contributed by atoms with Gasteiger partial charge in [-0.25, -0.2) is 4.98 Å². The molecule has 0 atom stereocenters. The van der Waals surface area contributed by atoms with E-state index in [1.165, 1.54) is 47.6 Å². The highest BCUT2D eigenvalue weighted by Crippen LogP contribution is 2.28. The summed E-state index contributed by atoms with van der Waals surface area (Å²) in [6, 6.07) is 8.40. The maximum Gasteiger partial charge on any atom is 0.107 e. The molecule has 1 aliphatic carbocycles. The van der Waals surface area contributed by atoms with Crippen molar-refractivity contribution in [3.8, 4) is 10.4 Å². The van der Waals surface area contributed by atoms with Crippen molar-refractivity contribution in [2.75, 3.05) is 6.54 Å². The van der Waals surface area contributed by atoms with Crippen molar-refractivity contribution in [1.29, 1.82) is 0 Å². The predicted molar refractivity (Wildman–Crippen MR) is 93.5 cm³/mol. The number of thiazole rings is 1. The molecular weight excluding hydrogens is 344 g/mol. The molecule has 2 aromatic rings. The monoisotopic (exact) mass is 364 g/mol. The van der Waals surface area contributed by atoms with Crippen LogP contribution in [-0.2, 0) is 6.54 Å². The smallest absolute Gasteiger partial charge is 0.107 e. The van der Waals surface area contributed by atoms with Gasteiger partial charge in [0.05, 0.1) is 4.88 Å². The third-order valence-corrected chi connectivity index (χ3v) is 5.64. The van der Waals surface area contributed by atoms with Gasteiger partial charge in [0.25, 0.3) is 0 Å². The van der Waals surface area contributed by atoms with E-state index in [2.05, 4.69) is 50.5 Å². The van der Waals surface area contributed by atoms with Crippen molar-refractivity contribution in [2.45, 2.75) is 38.6 Å². The van der Waals surface area contributed by atoms with Crippen molar-refractivity contribution in [3.63, 3.8) is 0 Å². The largest absolute Gasteiger partial charge is 0.310 e. The molecule has 1 aliphatic rings. The van der Waals surface area contributed by atoms with Crippen LogP contribution in [0.3, 0.4) is 0 Å². The number of nitrogens with one attached hydrogen (secondary N) is 1. The number of benzene rings is 1. The van der Waals surface area contributed by atoms with Crippen LogP contribution in [0.4, 0.5) is 0 Å². The van der Waals surface area contributed by atoms with Crippen LogP contribution in [0.1, 0.15) is 37.1 Å². The number of hydrogen-bond acceptors (Lipinski definition) is 3. The van der Waals surface area contributed by atoms with Crippen LogP contribution in [0.2, 0.25) is 0 Å². The second-order valence-corrected chi connectivity index (χ2v) is 7.79. The Morgan fingerprint density at radius 3 is 2.90 bits per heavy atom.